The maximum atomic E-state index is 10.5. The molecular weight excluding hydrogens is 200 g/mol. The molecule has 0 atom stereocenters. The smallest absolute Gasteiger partial charge is 0.132 e. The number of Topliss-reactive ketones (excluding diaryl/α,β-unsaturated/α-hetero) is 1. The first kappa shape index (κ1) is 13.3. The van der Waals surface area contributed by atoms with Gasteiger partial charge in [0, 0.05) is 12.8 Å². The summed E-state index contributed by atoms with van der Waals surface area (Å²) in [6.45, 7) is 0. The van der Waals surface area contributed by atoms with Gasteiger partial charge >= 0.3 is 0 Å². The van der Waals surface area contributed by atoms with Crippen molar-refractivity contribution in [3.05, 3.63) is 0 Å². The second-order valence-electron chi connectivity index (χ2n) is 4.84. The predicted octanol–water partition coefficient (Wildman–Crippen LogP) is 2.83. The molecule has 0 bridgehead atoms. The lowest BCUT2D eigenvalue weighted by Gasteiger charge is -2.26. The monoisotopic (exact) mass is 222 g/mol. The Kier molecular flexibility index (Phi) is 5.55. The fourth-order valence-corrected chi connectivity index (χ4v) is 2.23. The van der Waals surface area contributed by atoms with Gasteiger partial charge in [-0.2, -0.15) is 0 Å². The normalized spacial score (nSPS) is 23.9. The zero-order valence-electron chi connectivity index (χ0n) is 10.0. The van der Waals surface area contributed by atoms with E-state index in [0.29, 0.717) is 5.78 Å². The number of rotatable bonds is 0. The summed E-state index contributed by atoms with van der Waals surface area (Å²) in [5.74, 6) is 2.90. The summed E-state index contributed by atoms with van der Waals surface area (Å²) in [5, 5.41) is 9.44. The molecule has 0 spiro atoms. The van der Waals surface area contributed by atoms with Crippen LogP contribution in [0.3, 0.4) is 0 Å². The van der Waals surface area contributed by atoms with Crippen molar-refractivity contribution in [1.82, 2.24) is 0 Å². The van der Waals surface area contributed by atoms with Crippen molar-refractivity contribution >= 4 is 5.78 Å². The van der Waals surface area contributed by atoms with Crippen LogP contribution >= 0.6 is 0 Å². The van der Waals surface area contributed by atoms with E-state index in [9.17, 15) is 9.90 Å². The summed E-state index contributed by atoms with van der Waals surface area (Å²) in [6, 6.07) is 0. The van der Waals surface area contributed by atoms with Gasteiger partial charge in [-0.3, -0.25) is 4.79 Å². The Morgan fingerprint density at radius 1 is 1.00 bits per heavy atom. The molecule has 0 unspecified atom stereocenters. The minimum Gasteiger partial charge on any atom is -0.378 e. The van der Waals surface area contributed by atoms with E-state index in [1.807, 2.05) is 0 Å². The zero-order valence-corrected chi connectivity index (χ0v) is 10.0. The average molecular weight is 222 g/mol. The average Bonchev–Trinajstić information content (AvgIpc) is 2.32. The first-order chi connectivity index (χ1) is 7.66. The minimum atomic E-state index is -0.752. The maximum absolute atomic E-state index is 10.5. The second-order valence-corrected chi connectivity index (χ2v) is 4.84. The molecular formula is C14H22O2. The van der Waals surface area contributed by atoms with Gasteiger partial charge in [0.15, 0.2) is 0 Å². The molecule has 0 heterocycles. The largest absolute Gasteiger partial charge is 0.378 e. The summed E-state index contributed by atoms with van der Waals surface area (Å²) in [4.78, 5) is 10.5. The molecule has 0 radical (unpaired) electrons. The molecule has 2 heteroatoms. The van der Waals surface area contributed by atoms with Crippen molar-refractivity contribution in [1.29, 1.82) is 0 Å². The molecule has 2 fully saturated rings. The highest BCUT2D eigenvalue weighted by atomic mass is 16.3. The Labute approximate surface area is 98.4 Å². The Bertz CT molecular complexity index is 248. The molecule has 0 aromatic rings. The second kappa shape index (κ2) is 6.70. The predicted molar refractivity (Wildman–Crippen MR) is 65.0 cm³/mol. The van der Waals surface area contributed by atoms with E-state index < -0.39 is 5.60 Å². The molecule has 2 aliphatic carbocycles. The Hall–Kier alpha value is -0.810. The molecule has 2 saturated carbocycles. The van der Waals surface area contributed by atoms with Gasteiger partial charge in [-0.15, -0.1) is 6.42 Å². The van der Waals surface area contributed by atoms with E-state index in [1.54, 1.807) is 0 Å². The number of carbonyl (C=O) groups is 1. The number of hydrogen-bond acceptors (Lipinski definition) is 2. The molecule has 0 aromatic carbocycles. The highest BCUT2D eigenvalue weighted by Gasteiger charge is 2.25. The van der Waals surface area contributed by atoms with E-state index in [0.717, 1.165) is 51.4 Å². The third-order valence-electron chi connectivity index (χ3n) is 3.36. The Morgan fingerprint density at radius 2 is 1.50 bits per heavy atom. The third kappa shape index (κ3) is 4.81. The van der Waals surface area contributed by atoms with Gasteiger partial charge in [0.2, 0.25) is 0 Å². The van der Waals surface area contributed by atoms with Crippen LogP contribution in [-0.2, 0) is 4.79 Å². The molecule has 16 heavy (non-hydrogen) atoms. The maximum Gasteiger partial charge on any atom is 0.132 e. The van der Waals surface area contributed by atoms with Crippen molar-refractivity contribution in [3.8, 4) is 12.3 Å². The van der Waals surface area contributed by atoms with Gasteiger partial charge in [-0.05, 0) is 38.5 Å². The lowest BCUT2D eigenvalue weighted by molar-refractivity contribution is -0.120. The Morgan fingerprint density at radius 3 is 1.81 bits per heavy atom. The van der Waals surface area contributed by atoms with Crippen LogP contribution in [0.25, 0.3) is 0 Å². The fourth-order valence-electron chi connectivity index (χ4n) is 2.23. The quantitative estimate of drug-likeness (QED) is 0.640. The van der Waals surface area contributed by atoms with Crippen molar-refractivity contribution in [3.63, 3.8) is 0 Å². The van der Waals surface area contributed by atoms with E-state index >= 15 is 0 Å². The van der Waals surface area contributed by atoms with Crippen molar-refractivity contribution in [2.75, 3.05) is 0 Å². The molecule has 0 aliphatic heterocycles. The molecule has 0 amide bonds. The number of ketones is 1. The number of carbonyl (C=O) groups excluding carboxylic acids is 1. The molecule has 1 N–H and O–H groups in total. The lowest BCUT2D eigenvalue weighted by atomic mass is 9.86. The van der Waals surface area contributed by atoms with Gasteiger partial charge in [-0.1, -0.05) is 18.8 Å². The standard InChI is InChI=1S/C8H12O.C6H10O/c1-2-8(9)6-4-3-5-7-8;7-6-4-2-1-3-5-6/h1,9H,3-7H2;1-5H2. The number of terminal acetylenes is 1. The lowest BCUT2D eigenvalue weighted by Crippen LogP contribution is -2.28. The van der Waals surface area contributed by atoms with E-state index in [2.05, 4.69) is 5.92 Å². The molecule has 2 nitrogen and oxygen atoms in total. The highest BCUT2D eigenvalue weighted by molar-refractivity contribution is 5.78. The molecule has 0 aromatic heterocycles. The van der Waals surface area contributed by atoms with Crippen LogP contribution in [0, 0.1) is 12.3 Å². The van der Waals surface area contributed by atoms with Crippen molar-refractivity contribution < 1.29 is 9.90 Å². The van der Waals surface area contributed by atoms with Crippen LogP contribution in [-0.4, -0.2) is 16.5 Å². The first-order valence-corrected chi connectivity index (χ1v) is 6.38. The van der Waals surface area contributed by atoms with Crippen LogP contribution in [0.15, 0.2) is 0 Å². The van der Waals surface area contributed by atoms with Gasteiger partial charge in [-0.25, -0.2) is 0 Å². The Balaban J connectivity index is 0.000000165. The molecule has 2 aliphatic rings. The van der Waals surface area contributed by atoms with E-state index in [4.69, 9.17) is 6.42 Å². The summed E-state index contributed by atoms with van der Waals surface area (Å²) >= 11 is 0. The third-order valence-corrected chi connectivity index (χ3v) is 3.36. The van der Waals surface area contributed by atoms with Crippen molar-refractivity contribution in [2.24, 2.45) is 0 Å². The molecule has 2 rings (SSSR count). The van der Waals surface area contributed by atoms with Crippen LogP contribution < -0.4 is 0 Å². The zero-order chi connectivity index (χ0) is 11.9. The SMILES string of the molecule is C#CC1(O)CCCCC1.O=C1CCCCC1. The van der Waals surface area contributed by atoms with Crippen LogP contribution in [0.4, 0.5) is 0 Å². The topological polar surface area (TPSA) is 37.3 Å². The van der Waals surface area contributed by atoms with Crippen LogP contribution in [0.1, 0.15) is 64.2 Å². The molecule has 0 saturated heterocycles. The summed E-state index contributed by atoms with van der Waals surface area (Å²) < 4.78 is 0. The number of aliphatic hydroxyl groups is 1. The van der Waals surface area contributed by atoms with E-state index in [-0.39, 0.29) is 0 Å². The van der Waals surface area contributed by atoms with Crippen molar-refractivity contribution in [2.45, 2.75) is 69.8 Å². The summed E-state index contributed by atoms with van der Waals surface area (Å²) in [6.07, 6.45) is 15.4. The number of hydrogen-bond donors (Lipinski definition) is 1. The van der Waals surface area contributed by atoms with Gasteiger partial charge < -0.3 is 5.11 Å². The highest BCUT2D eigenvalue weighted by Crippen LogP contribution is 2.26. The van der Waals surface area contributed by atoms with Gasteiger partial charge in [0.1, 0.15) is 11.4 Å². The van der Waals surface area contributed by atoms with Crippen LogP contribution in [0.5, 0.6) is 0 Å². The van der Waals surface area contributed by atoms with Gasteiger partial charge in [0.05, 0.1) is 0 Å². The fraction of sp³-hybridized carbons (Fsp3) is 0.786. The summed E-state index contributed by atoms with van der Waals surface area (Å²) in [7, 11) is 0. The van der Waals surface area contributed by atoms with Gasteiger partial charge in [0.25, 0.3) is 0 Å². The summed E-state index contributed by atoms with van der Waals surface area (Å²) in [5.41, 5.74) is -0.752. The first-order valence-electron chi connectivity index (χ1n) is 6.38. The molecule has 90 valence electrons. The van der Waals surface area contributed by atoms with Crippen LogP contribution in [0.2, 0.25) is 0 Å². The van der Waals surface area contributed by atoms with E-state index in [1.165, 1.54) is 12.8 Å². The minimum absolute atomic E-state index is 0.464.